The van der Waals surface area contributed by atoms with E-state index in [1.165, 1.54) is 0 Å². The van der Waals surface area contributed by atoms with Gasteiger partial charge in [0.25, 0.3) is 0 Å². The van der Waals surface area contributed by atoms with Crippen LogP contribution in [0, 0.1) is 0 Å². The van der Waals surface area contributed by atoms with Gasteiger partial charge in [-0.3, -0.25) is 0 Å². The average Bonchev–Trinajstić information content (AvgIpc) is 2.53. The number of aliphatic hydroxyl groups is 1. The third-order valence-corrected chi connectivity index (χ3v) is 3.74. The first-order valence-electron chi connectivity index (χ1n) is 6.60. The van der Waals surface area contributed by atoms with Gasteiger partial charge in [-0.1, -0.05) is 36.4 Å². The van der Waals surface area contributed by atoms with E-state index in [1.807, 2.05) is 60.9 Å². The van der Waals surface area contributed by atoms with E-state index in [0.29, 0.717) is 0 Å². The number of nitrogens with one attached hydrogen (secondary N) is 2. The molecule has 0 unspecified atom stereocenters. The molecule has 0 radical (unpaired) electrons. The molecule has 0 heterocycles. The summed E-state index contributed by atoms with van der Waals surface area (Å²) in [6.07, 6.45) is 1.98. The standard InChI is InChI=1S/C16H18N2O2S/c1-21-14-9-5-8-13(10-14)17-16(20)18-15(11-19)12-6-3-2-4-7-12/h2-10,15,19H,11H2,1H3,(H2,17,18,20)/t15-/m1/s1. The maximum Gasteiger partial charge on any atom is 0.319 e. The van der Waals surface area contributed by atoms with Crippen LogP contribution in [0.3, 0.4) is 0 Å². The quantitative estimate of drug-likeness (QED) is 0.743. The maximum atomic E-state index is 12.0. The molecule has 4 nitrogen and oxygen atoms in total. The highest BCUT2D eigenvalue weighted by Crippen LogP contribution is 2.19. The Hall–Kier alpha value is -1.98. The second-order valence-electron chi connectivity index (χ2n) is 4.48. The number of amides is 2. The topological polar surface area (TPSA) is 61.4 Å². The van der Waals surface area contributed by atoms with Crippen molar-refractivity contribution in [3.63, 3.8) is 0 Å². The number of rotatable bonds is 5. The first-order chi connectivity index (χ1) is 10.2. The van der Waals surface area contributed by atoms with Crippen LogP contribution in [0.15, 0.2) is 59.5 Å². The summed E-state index contributed by atoms with van der Waals surface area (Å²) >= 11 is 1.61. The molecule has 0 aliphatic carbocycles. The van der Waals surface area contributed by atoms with Gasteiger partial charge in [0.2, 0.25) is 0 Å². The van der Waals surface area contributed by atoms with E-state index in [-0.39, 0.29) is 12.6 Å². The minimum Gasteiger partial charge on any atom is -0.394 e. The smallest absolute Gasteiger partial charge is 0.319 e. The summed E-state index contributed by atoms with van der Waals surface area (Å²) in [5.41, 5.74) is 1.59. The molecule has 0 bridgehead atoms. The zero-order chi connectivity index (χ0) is 15.1. The van der Waals surface area contributed by atoms with Crippen LogP contribution in [0.1, 0.15) is 11.6 Å². The summed E-state index contributed by atoms with van der Waals surface area (Å²) in [6.45, 7) is -0.151. The lowest BCUT2D eigenvalue weighted by Crippen LogP contribution is -2.34. The Kier molecular flexibility index (Phi) is 5.66. The van der Waals surface area contributed by atoms with Gasteiger partial charge in [-0.2, -0.15) is 0 Å². The number of hydrogen-bond acceptors (Lipinski definition) is 3. The predicted molar refractivity (Wildman–Crippen MR) is 86.6 cm³/mol. The van der Waals surface area contributed by atoms with Gasteiger partial charge >= 0.3 is 6.03 Å². The minimum absolute atomic E-state index is 0.151. The van der Waals surface area contributed by atoms with Crippen LogP contribution in [0.4, 0.5) is 10.5 Å². The maximum absolute atomic E-state index is 12.0. The van der Waals surface area contributed by atoms with E-state index in [2.05, 4.69) is 10.6 Å². The van der Waals surface area contributed by atoms with E-state index in [0.717, 1.165) is 16.1 Å². The molecule has 0 spiro atoms. The number of urea groups is 1. The Balaban J connectivity index is 2.00. The van der Waals surface area contributed by atoms with E-state index >= 15 is 0 Å². The molecule has 0 aliphatic rings. The molecule has 2 amide bonds. The average molecular weight is 302 g/mol. The molecule has 0 fully saturated rings. The van der Waals surface area contributed by atoms with Crippen LogP contribution >= 0.6 is 11.8 Å². The summed E-state index contributed by atoms with van der Waals surface area (Å²) in [5, 5.41) is 15.0. The fourth-order valence-electron chi connectivity index (χ4n) is 1.95. The highest BCUT2D eigenvalue weighted by Gasteiger charge is 2.13. The van der Waals surface area contributed by atoms with E-state index in [4.69, 9.17) is 0 Å². The molecule has 2 rings (SSSR count). The Morgan fingerprint density at radius 2 is 1.95 bits per heavy atom. The fourth-order valence-corrected chi connectivity index (χ4v) is 2.41. The van der Waals surface area contributed by atoms with Gasteiger partial charge in [0.05, 0.1) is 12.6 Å². The first-order valence-corrected chi connectivity index (χ1v) is 7.83. The number of thioether (sulfide) groups is 1. The Labute approximate surface area is 128 Å². The van der Waals surface area contributed by atoms with Crippen LogP contribution in [-0.4, -0.2) is 24.0 Å². The molecule has 110 valence electrons. The van der Waals surface area contributed by atoms with Crippen molar-refractivity contribution in [1.82, 2.24) is 5.32 Å². The second kappa shape index (κ2) is 7.71. The van der Waals surface area contributed by atoms with Crippen molar-refractivity contribution in [3.8, 4) is 0 Å². The van der Waals surface area contributed by atoms with Crippen LogP contribution in [0.25, 0.3) is 0 Å². The summed E-state index contributed by atoms with van der Waals surface area (Å²) < 4.78 is 0. The number of hydrogen-bond donors (Lipinski definition) is 3. The third kappa shape index (κ3) is 4.51. The van der Waals surface area contributed by atoms with Gasteiger partial charge < -0.3 is 15.7 Å². The van der Waals surface area contributed by atoms with Crippen molar-refractivity contribution >= 4 is 23.5 Å². The zero-order valence-corrected chi connectivity index (χ0v) is 12.6. The molecule has 0 aliphatic heterocycles. The number of aliphatic hydroxyl groups excluding tert-OH is 1. The molecule has 5 heteroatoms. The van der Waals surface area contributed by atoms with E-state index in [9.17, 15) is 9.90 Å². The monoisotopic (exact) mass is 302 g/mol. The lowest BCUT2D eigenvalue weighted by molar-refractivity contribution is 0.225. The number of carbonyl (C=O) groups excluding carboxylic acids is 1. The molecule has 21 heavy (non-hydrogen) atoms. The van der Waals surface area contributed by atoms with Gasteiger partial charge in [0.1, 0.15) is 0 Å². The number of benzene rings is 2. The molecule has 2 aromatic rings. The van der Waals surface area contributed by atoms with Crippen LogP contribution in [0.2, 0.25) is 0 Å². The summed E-state index contributed by atoms with van der Waals surface area (Å²) in [4.78, 5) is 13.1. The van der Waals surface area contributed by atoms with Gasteiger partial charge in [-0.05, 0) is 30.0 Å². The number of anilines is 1. The molecular weight excluding hydrogens is 284 g/mol. The predicted octanol–water partition coefficient (Wildman–Crippen LogP) is 3.26. The zero-order valence-electron chi connectivity index (χ0n) is 11.7. The lowest BCUT2D eigenvalue weighted by atomic mass is 10.1. The molecule has 0 aromatic heterocycles. The van der Waals surface area contributed by atoms with E-state index in [1.54, 1.807) is 11.8 Å². The van der Waals surface area contributed by atoms with Crippen LogP contribution in [-0.2, 0) is 0 Å². The Morgan fingerprint density at radius 1 is 1.19 bits per heavy atom. The fraction of sp³-hybridized carbons (Fsp3) is 0.188. The van der Waals surface area contributed by atoms with Crippen LogP contribution < -0.4 is 10.6 Å². The van der Waals surface area contributed by atoms with Crippen molar-refractivity contribution < 1.29 is 9.90 Å². The molecule has 3 N–H and O–H groups in total. The lowest BCUT2D eigenvalue weighted by Gasteiger charge is -2.17. The molecule has 0 saturated heterocycles. The van der Waals surface area contributed by atoms with Crippen molar-refractivity contribution in [2.75, 3.05) is 18.2 Å². The van der Waals surface area contributed by atoms with Crippen molar-refractivity contribution in [3.05, 3.63) is 60.2 Å². The summed E-state index contributed by atoms with van der Waals surface area (Å²) in [6, 6.07) is 16.2. The normalized spacial score (nSPS) is 11.7. The van der Waals surface area contributed by atoms with Gasteiger partial charge in [0.15, 0.2) is 0 Å². The molecular formula is C16H18N2O2S. The van der Waals surface area contributed by atoms with Crippen LogP contribution in [0.5, 0.6) is 0 Å². The highest BCUT2D eigenvalue weighted by atomic mass is 32.2. The van der Waals surface area contributed by atoms with Crippen molar-refractivity contribution in [2.45, 2.75) is 10.9 Å². The second-order valence-corrected chi connectivity index (χ2v) is 5.36. The summed E-state index contributed by atoms with van der Waals surface area (Å²) in [5.74, 6) is 0. The Bertz CT molecular complexity index is 590. The van der Waals surface area contributed by atoms with E-state index < -0.39 is 6.04 Å². The molecule has 0 saturated carbocycles. The highest BCUT2D eigenvalue weighted by molar-refractivity contribution is 7.98. The first kappa shape index (κ1) is 15.4. The molecule has 2 aromatic carbocycles. The largest absolute Gasteiger partial charge is 0.394 e. The van der Waals surface area contributed by atoms with Crippen molar-refractivity contribution in [2.24, 2.45) is 0 Å². The van der Waals surface area contributed by atoms with Gasteiger partial charge in [0, 0.05) is 10.6 Å². The molecule has 1 atom stereocenters. The Morgan fingerprint density at radius 3 is 2.62 bits per heavy atom. The minimum atomic E-state index is -0.421. The number of carbonyl (C=O) groups is 1. The van der Waals surface area contributed by atoms with Gasteiger partial charge in [-0.15, -0.1) is 11.8 Å². The van der Waals surface area contributed by atoms with Gasteiger partial charge in [-0.25, -0.2) is 4.79 Å². The summed E-state index contributed by atoms with van der Waals surface area (Å²) in [7, 11) is 0. The van der Waals surface area contributed by atoms with Crippen molar-refractivity contribution in [1.29, 1.82) is 0 Å². The third-order valence-electron chi connectivity index (χ3n) is 3.02. The SMILES string of the molecule is CSc1cccc(NC(=O)N[C@H](CO)c2ccccc2)c1.